The minimum atomic E-state index is -0.864. The largest absolute Gasteiger partial charge is 0.454 e. The molecule has 2 aromatic rings. The van der Waals surface area contributed by atoms with Crippen molar-refractivity contribution in [2.24, 2.45) is 0 Å². The number of ether oxygens (including phenoxy) is 2. The zero-order valence-electron chi connectivity index (χ0n) is 10.4. The molecule has 0 aromatic heterocycles. The second kappa shape index (κ2) is 5.29. The summed E-state index contributed by atoms with van der Waals surface area (Å²) in [6.07, 6.45) is 0.401. The van der Waals surface area contributed by atoms with Crippen LogP contribution in [0.2, 0.25) is 0 Å². The Kier molecular flexibility index (Phi) is 3.49. The Labute approximate surface area is 119 Å². The summed E-state index contributed by atoms with van der Waals surface area (Å²) in [5, 5.41) is -0.352. The van der Waals surface area contributed by atoms with Crippen molar-refractivity contribution < 1.29 is 18.3 Å². The summed E-state index contributed by atoms with van der Waals surface area (Å²) in [5.41, 5.74) is 1.49. The smallest absolute Gasteiger partial charge is 0.231 e. The van der Waals surface area contributed by atoms with E-state index in [-0.39, 0.29) is 12.2 Å². The van der Waals surface area contributed by atoms with E-state index in [2.05, 4.69) is 0 Å². The predicted molar refractivity (Wildman–Crippen MR) is 71.2 cm³/mol. The molecule has 0 saturated heterocycles. The molecule has 2 nitrogen and oxygen atoms in total. The number of benzene rings is 2. The van der Waals surface area contributed by atoms with Crippen LogP contribution in [-0.4, -0.2) is 6.79 Å². The fourth-order valence-corrected chi connectivity index (χ4v) is 2.41. The van der Waals surface area contributed by atoms with E-state index in [4.69, 9.17) is 21.1 Å². The van der Waals surface area contributed by atoms with Crippen LogP contribution in [0.3, 0.4) is 0 Å². The number of alkyl halides is 1. The zero-order valence-corrected chi connectivity index (χ0v) is 11.2. The highest BCUT2D eigenvalue weighted by molar-refractivity contribution is 6.21. The average molecular weight is 297 g/mol. The second-order valence-corrected chi connectivity index (χ2v) is 5.06. The third kappa shape index (κ3) is 2.56. The van der Waals surface area contributed by atoms with E-state index in [9.17, 15) is 8.78 Å². The standard InChI is InChI=1S/C15H11ClF2O2/c16-11(5-9-1-3-12(17)13(18)6-9)10-2-4-14-15(7-10)20-8-19-14/h1-4,6-7,11H,5,8H2. The average Bonchev–Trinajstić information content (AvgIpc) is 2.90. The van der Waals surface area contributed by atoms with Crippen LogP contribution >= 0.6 is 11.6 Å². The Morgan fingerprint density at radius 3 is 2.60 bits per heavy atom. The summed E-state index contributed by atoms with van der Waals surface area (Å²) >= 11 is 6.32. The van der Waals surface area contributed by atoms with Crippen LogP contribution in [0.5, 0.6) is 11.5 Å². The summed E-state index contributed by atoms with van der Waals surface area (Å²) in [6, 6.07) is 9.23. The number of hydrogen-bond acceptors (Lipinski definition) is 2. The normalized spacial score (nSPS) is 14.3. The van der Waals surface area contributed by atoms with E-state index in [1.165, 1.54) is 6.07 Å². The van der Waals surface area contributed by atoms with Gasteiger partial charge >= 0.3 is 0 Å². The van der Waals surface area contributed by atoms with Gasteiger partial charge in [-0.2, -0.15) is 0 Å². The first kappa shape index (κ1) is 13.2. The topological polar surface area (TPSA) is 18.5 Å². The molecular formula is C15H11ClF2O2. The van der Waals surface area contributed by atoms with Crippen molar-refractivity contribution in [3.8, 4) is 11.5 Å². The number of rotatable bonds is 3. The van der Waals surface area contributed by atoms with Crippen molar-refractivity contribution in [2.75, 3.05) is 6.79 Å². The third-order valence-corrected chi connectivity index (χ3v) is 3.56. The van der Waals surface area contributed by atoms with Crippen molar-refractivity contribution in [3.63, 3.8) is 0 Å². The fraction of sp³-hybridized carbons (Fsp3) is 0.200. The Morgan fingerprint density at radius 2 is 1.80 bits per heavy atom. The SMILES string of the molecule is Fc1ccc(CC(Cl)c2ccc3c(c2)OCO3)cc1F. The molecule has 3 rings (SSSR count). The molecule has 20 heavy (non-hydrogen) atoms. The third-order valence-electron chi connectivity index (χ3n) is 3.16. The Morgan fingerprint density at radius 1 is 1.00 bits per heavy atom. The zero-order chi connectivity index (χ0) is 14.1. The lowest BCUT2D eigenvalue weighted by Gasteiger charge is -2.11. The van der Waals surface area contributed by atoms with Gasteiger partial charge in [0.1, 0.15) is 0 Å². The lowest BCUT2D eigenvalue weighted by Crippen LogP contribution is -1.97. The summed E-state index contributed by atoms with van der Waals surface area (Å²) < 4.78 is 36.5. The maximum absolute atomic E-state index is 13.2. The van der Waals surface area contributed by atoms with Crippen LogP contribution in [-0.2, 0) is 6.42 Å². The van der Waals surface area contributed by atoms with Gasteiger partial charge in [0.15, 0.2) is 23.1 Å². The molecule has 1 unspecified atom stereocenters. The summed E-state index contributed by atoms with van der Waals surface area (Å²) in [5.74, 6) is -0.385. The van der Waals surface area contributed by atoms with Gasteiger partial charge in [-0.3, -0.25) is 0 Å². The molecule has 0 saturated carbocycles. The van der Waals surface area contributed by atoms with Crippen molar-refractivity contribution in [1.82, 2.24) is 0 Å². The van der Waals surface area contributed by atoms with E-state index < -0.39 is 11.6 Å². The highest BCUT2D eigenvalue weighted by Gasteiger charge is 2.17. The molecule has 0 aliphatic carbocycles. The molecule has 2 aromatic carbocycles. The lowest BCUT2D eigenvalue weighted by atomic mass is 10.0. The van der Waals surface area contributed by atoms with Gasteiger partial charge in [0.2, 0.25) is 6.79 Å². The van der Waals surface area contributed by atoms with Gasteiger partial charge in [-0.15, -0.1) is 11.6 Å². The molecule has 1 aliphatic heterocycles. The minimum Gasteiger partial charge on any atom is -0.454 e. The number of fused-ring (bicyclic) bond motifs is 1. The van der Waals surface area contributed by atoms with Crippen LogP contribution in [0, 0.1) is 11.6 Å². The highest BCUT2D eigenvalue weighted by Crippen LogP contribution is 2.36. The van der Waals surface area contributed by atoms with E-state index in [0.29, 0.717) is 23.5 Å². The van der Waals surface area contributed by atoms with Gasteiger partial charge in [0.25, 0.3) is 0 Å². The quantitative estimate of drug-likeness (QED) is 0.790. The molecule has 1 atom stereocenters. The first-order chi connectivity index (χ1) is 9.63. The van der Waals surface area contributed by atoms with E-state index in [1.807, 2.05) is 6.07 Å². The molecule has 0 amide bonds. The molecule has 1 aliphatic rings. The first-order valence-corrected chi connectivity index (χ1v) is 6.54. The predicted octanol–water partition coefficient (Wildman–Crippen LogP) is 4.22. The molecule has 104 valence electrons. The van der Waals surface area contributed by atoms with Crippen molar-refractivity contribution in [3.05, 3.63) is 59.2 Å². The Bertz CT molecular complexity index is 646. The molecular weight excluding hydrogens is 286 g/mol. The van der Waals surface area contributed by atoms with E-state index in [0.717, 1.165) is 17.7 Å². The molecule has 0 radical (unpaired) electrons. The first-order valence-electron chi connectivity index (χ1n) is 6.11. The van der Waals surface area contributed by atoms with Crippen LogP contribution in [0.1, 0.15) is 16.5 Å². The molecule has 0 N–H and O–H groups in total. The van der Waals surface area contributed by atoms with Crippen molar-refractivity contribution >= 4 is 11.6 Å². The molecule has 0 bridgehead atoms. The van der Waals surface area contributed by atoms with Crippen LogP contribution in [0.15, 0.2) is 36.4 Å². The van der Waals surface area contributed by atoms with Crippen molar-refractivity contribution in [2.45, 2.75) is 11.8 Å². The summed E-state index contributed by atoms with van der Waals surface area (Å²) in [4.78, 5) is 0. The fourth-order valence-electron chi connectivity index (χ4n) is 2.10. The van der Waals surface area contributed by atoms with Crippen LogP contribution in [0.25, 0.3) is 0 Å². The number of halogens is 3. The van der Waals surface area contributed by atoms with E-state index in [1.54, 1.807) is 12.1 Å². The van der Waals surface area contributed by atoms with E-state index >= 15 is 0 Å². The van der Waals surface area contributed by atoms with Crippen LogP contribution in [0.4, 0.5) is 8.78 Å². The van der Waals surface area contributed by atoms with Gasteiger partial charge in [-0.1, -0.05) is 12.1 Å². The molecule has 0 spiro atoms. The van der Waals surface area contributed by atoms with Gasteiger partial charge in [-0.25, -0.2) is 8.78 Å². The maximum atomic E-state index is 13.2. The summed E-state index contributed by atoms with van der Waals surface area (Å²) in [7, 11) is 0. The lowest BCUT2D eigenvalue weighted by molar-refractivity contribution is 0.174. The van der Waals surface area contributed by atoms with Gasteiger partial charge in [0.05, 0.1) is 5.38 Å². The summed E-state index contributed by atoms with van der Waals surface area (Å²) in [6.45, 7) is 0.203. The van der Waals surface area contributed by atoms with Gasteiger partial charge in [0, 0.05) is 0 Å². The molecule has 1 heterocycles. The number of hydrogen-bond donors (Lipinski definition) is 0. The maximum Gasteiger partial charge on any atom is 0.231 e. The molecule has 5 heteroatoms. The highest BCUT2D eigenvalue weighted by atomic mass is 35.5. The van der Waals surface area contributed by atoms with Gasteiger partial charge < -0.3 is 9.47 Å². The van der Waals surface area contributed by atoms with Crippen molar-refractivity contribution in [1.29, 1.82) is 0 Å². The monoisotopic (exact) mass is 296 g/mol. The van der Waals surface area contributed by atoms with Crippen LogP contribution < -0.4 is 9.47 Å². The molecule has 0 fully saturated rings. The van der Waals surface area contributed by atoms with Gasteiger partial charge in [-0.05, 0) is 41.8 Å². The second-order valence-electron chi connectivity index (χ2n) is 4.53. The minimum absolute atomic E-state index is 0.203. The Hall–Kier alpha value is -1.81. The Balaban J connectivity index is 1.78.